The van der Waals surface area contributed by atoms with Crippen LogP contribution in [0.5, 0.6) is 5.75 Å². The van der Waals surface area contributed by atoms with Gasteiger partial charge in [0, 0.05) is 5.56 Å². The van der Waals surface area contributed by atoms with E-state index in [1.165, 1.54) is 19.1 Å². The van der Waals surface area contributed by atoms with Crippen molar-refractivity contribution in [1.82, 2.24) is 9.97 Å². The fourth-order valence-corrected chi connectivity index (χ4v) is 3.25. The predicted octanol–water partition coefficient (Wildman–Crippen LogP) is 2.29. The molecule has 0 saturated heterocycles. The second-order valence-corrected chi connectivity index (χ2v) is 6.57. The van der Waals surface area contributed by atoms with Crippen LogP contribution in [-0.2, 0) is 6.54 Å². The number of hydrogen-bond acceptors (Lipinski definition) is 6. The molecule has 28 heavy (non-hydrogen) atoms. The molecule has 0 saturated carbocycles. The van der Waals surface area contributed by atoms with Gasteiger partial charge < -0.3 is 24.8 Å². The summed E-state index contributed by atoms with van der Waals surface area (Å²) in [6, 6.07) is 11.2. The van der Waals surface area contributed by atoms with Crippen molar-refractivity contribution in [3.8, 4) is 5.75 Å². The molecule has 0 bridgehead atoms. The maximum atomic E-state index is 14.3. The number of alkyl halides is 2. The van der Waals surface area contributed by atoms with Crippen LogP contribution in [0, 0.1) is 0 Å². The highest BCUT2D eigenvalue weighted by molar-refractivity contribution is 5.77. The molecular weight excluding hydrogens is 372 g/mol. The van der Waals surface area contributed by atoms with Gasteiger partial charge in [0.25, 0.3) is 5.56 Å². The molecule has 7 nitrogen and oxygen atoms in total. The molecule has 9 heteroatoms. The van der Waals surface area contributed by atoms with E-state index in [-0.39, 0.29) is 29.4 Å². The van der Waals surface area contributed by atoms with Crippen molar-refractivity contribution in [3.63, 3.8) is 0 Å². The topological polar surface area (TPSA) is 98.7 Å². The zero-order chi connectivity index (χ0) is 20.1. The van der Waals surface area contributed by atoms with E-state index in [0.717, 1.165) is 4.90 Å². The molecule has 3 aromatic rings. The first-order chi connectivity index (χ1) is 13.3. The summed E-state index contributed by atoms with van der Waals surface area (Å²) in [6.45, 7) is 1.13. The van der Waals surface area contributed by atoms with Gasteiger partial charge in [-0.15, -0.1) is 0 Å². The number of fused-ring (bicyclic) bond motifs is 2. The maximum absolute atomic E-state index is 14.3. The van der Waals surface area contributed by atoms with Gasteiger partial charge in [0.1, 0.15) is 5.82 Å². The lowest BCUT2D eigenvalue weighted by Crippen LogP contribution is -2.54. The summed E-state index contributed by atoms with van der Waals surface area (Å²) in [4.78, 5) is 20.1. The van der Waals surface area contributed by atoms with Crippen LogP contribution in [0.15, 0.2) is 47.3 Å². The first-order valence-corrected chi connectivity index (χ1v) is 8.58. The van der Waals surface area contributed by atoms with E-state index >= 15 is 0 Å². The van der Waals surface area contributed by atoms with E-state index in [4.69, 9.17) is 4.74 Å². The third kappa shape index (κ3) is 2.98. The monoisotopic (exact) mass is 389 g/mol. The molecule has 0 spiro atoms. The average Bonchev–Trinajstić information content (AvgIpc) is 2.64. The van der Waals surface area contributed by atoms with E-state index in [0.29, 0.717) is 10.9 Å². The van der Waals surface area contributed by atoms with E-state index < -0.39 is 24.0 Å². The third-order valence-corrected chi connectivity index (χ3v) is 4.60. The summed E-state index contributed by atoms with van der Waals surface area (Å²) in [5.74, 6) is -0.121. The quantitative estimate of drug-likeness (QED) is 0.636. The number of benzene rings is 2. The summed E-state index contributed by atoms with van der Waals surface area (Å²) in [6.07, 6.45) is -7.28. The van der Waals surface area contributed by atoms with Crippen molar-refractivity contribution < 1.29 is 23.7 Å². The lowest BCUT2D eigenvalue weighted by atomic mass is 10.1. The van der Waals surface area contributed by atoms with E-state index in [2.05, 4.69) is 9.97 Å². The van der Waals surface area contributed by atoms with Gasteiger partial charge in [-0.2, -0.15) is 8.78 Å². The van der Waals surface area contributed by atoms with Crippen LogP contribution in [-0.4, -0.2) is 32.5 Å². The van der Waals surface area contributed by atoms with Crippen molar-refractivity contribution in [2.75, 3.05) is 4.90 Å². The Morgan fingerprint density at radius 1 is 1.29 bits per heavy atom. The third-order valence-electron chi connectivity index (χ3n) is 4.60. The molecule has 2 unspecified atom stereocenters. The number of nitrogens with zero attached hydrogens (tertiary/aromatic N) is 2. The molecule has 1 aliphatic rings. The molecule has 0 fully saturated rings. The first kappa shape index (κ1) is 18.3. The molecule has 146 valence electrons. The number of aliphatic hydroxyl groups is 2. The van der Waals surface area contributed by atoms with Crippen molar-refractivity contribution in [3.05, 3.63) is 64.2 Å². The standard InChI is InChI=1S/C19H17F2N3O4/c1-10(25)11-6-4-8-14-16(11)28-19(20,21)18(27)24(14)9-15-22-13-7-3-2-5-12(13)17(26)23-15/h2-8,10,18,25,27H,9H2,1H3,(H,22,23,26). The number of aliphatic hydroxyl groups excluding tert-OH is 2. The molecule has 3 N–H and O–H groups in total. The minimum absolute atomic E-state index is 0.105. The highest BCUT2D eigenvalue weighted by Gasteiger charge is 2.51. The van der Waals surface area contributed by atoms with Crippen LogP contribution in [0.2, 0.25) is 0 Å². The van der Waals surface area contributed by atoms with Crippen molar-refractivity contribution in [2.45, 2.75) is 31.9 Å². The van der Waals surface area contributed by atoms with Crippen molar-refractivity contribution >= 4 is 16.6 Å². The fourth-order valence-electron chi connectivity index (χ4n) is 3.25. The number of H-pyrrole nitrogens is 1. The molecule has 4 rings (SSSR count). The number of ether oxygens (including phenoxy) is 1. The number of rotatable bonds is 3. The van der Waals surface area contributed by atoms with Crippen LogP contribution in [0.4, 0.5) is 14.5 Å². The Kier molecular flexibility index (Phi) is 4.28. The summed E-state index contributed by atoms with van der Waals surface area (Å²) in [5, 5.41) is 20.4. The average molecular weight is 389 g/mol. The van der Waals surface area contributed by atoms with Crippen molar-refractivity contribution in [1.29, 1.82) is 0 Å². The normalized spacial score (nSPS) is 19.2. The van der Waals surface area contributed by atoms with E-state index in [9.17, 15) is 23.8 Å². The summed E-state index contributed by atoms with van der Waals surface area (Å²) < 4.78 is 33.3. The minimum atomic E-state index is -3.92. The van der Waals surface area contributed by atoms with Gasteiger partial charge in [-0.1, -0.05) is 24.3 Å². The number of nitrogens with one attached hydrogen (secondary N) is 1. The van der Waals surface area contributed by atoms with E-state index in [1.807, 2.05) is 0 Å². The smallest absolute Gasteiger partial charge is 0.427 e. The molecule has 0 radical (unpaired) electrons. The van der Waals surface area contributed by atoms with Crippen LogP contribution in [0.1, 0.15) is 24.4 Å². The highest BCUT2D eigenvalue weighted by Crippen LogP contribution is 2.45. The molecule has 0 amide bonds. The van der Waals surface area contributed by atoms with Crippen LogP contribution < -0.4 is 15.2 Å². The molecule has 0 aliphatic carbocycles. The van der Waals surface area contributed by atoms with Crippen LogP contribution >= 0.6 is 0 Å². The van der Waals surface area contributed by atoms with Gasteiger partial charge >= 0.3 is 6.11 Å². The second kappa shape index (κ2) is 6.54. The number of aromatic amines is 1. The number of halogens is 2. The number of para-hydroxylation sites is 2. The van der Waals surface area contributed by atoms with Gasteiger partial charge in [-0.05, 0) is 25.1 Å². The molecule has 2 aromatic carbocycles. The van der Waals surface area contributed by atoms with Gasteiger partial charge in [0.05, 0.1) is 29.2 Å². The Balaban J connectivity index is 1.82. The highest BCUT2D eigenvalue weighted by atomic mass is 19.3. The Hall–Kier alpha value is -3.04. The Labute approximate surface area is 157 Å². The number of aromatic nitrogens is 2. The largest absolute Gasteiger partial charge is 0.444 e. The van der Waals surface area contributed by atoms with Gasteiger partial charge in [-0.25, -0.2) is 4.98 Å². The fraction of sp³-hybridized carbons (Fsp3) is 0.263. The molecular formula is C19H17F2N3O4. The minimum Gasteiger partial charge on any atom is -0.427 e. The maximum Gasteiger partial charge on any atom is 0.444 e. The van der Waals surface area contributed by atoms with E-state index in [1.54, 1.807) is 30.3 Å². The van der Waals surface area contributed by atoms with Crippen LogP contribution in [0.3, 0.4) is 0 Å². The SMILES string of the molecule is CC(O)c1cccc2c1OC(F)(F)C(O)N2Cc1nc2ccccc2c(=O)[nH]1. The summed E-state index contributed by atoms with van der Waals surface area (Å²) >= 11 is 0. The molecule has 1 aromatic heterocycles. The molecule has 1 aliphatic heterocycles. The summed E-state index contributed by atoms with van der Waals surface area (Å²) in [7, 11) is 0. The van der Waals surface area contributed by atoms with Gasteiger partial charge in [-0.3, -0.25) is 4.79 Å². The van der Waals surface area contributed by atoms with Gasteiger partial charge in [0.15, 0.2) is 5.75 Å². The Morgan fingerprint density at radius 3 is 2.79 bits per heavy atom. The van der Waals surface area contributed by atoms with Crippen LogP contribution in [0.25, 0.3) is 10.9 Å². The predicted molar refractivity (Wildman–Crippen MR) is 97.2 cm³/mol. The number of hydrogen-bond donors (Lipinski definition) is 3. The summed E-state index contributed by atoms with van der Waals surface area (Å²) in [5.41, 5.74) is 0.323. The first-order valence-electron chi connectivity index (χ1n) is 8.58. The lowest BCUT2D eigenvalue weighted by molar-refractivity contribution is -0.246. The second-order valence-electron chi connectivity index (χ2n) is 6.57. The zero-order valence-electron chi connectivity index (χ0n) is 14.8. The zero-order valence-corrected chi connectivity index (χ0v) is 14.8. The lowest BCUT2D eigenvalue weighted by Gasteiger charge is -2.40. The Morgan fingerprint density at radius 2 is 2.04 bits per heavy atom. The number of anilines is 1. The van der Waals surface area contributed by atoms with Crippen molar-refractivity contribution in [2.24, 2.45) is 0 Å². The molecule has 2 atom stereocenters. The molecule has 2 heterocycles. The van der Waals surface area contributed by atoms with Gasteiger partial charge in [0.2, 0.25) is 6.23 Å². The Bertz CT molecular complexity index is 1100.